The first-order valence-corrected chi connectivity index (χ1v) is 7.31. The summed E-state index contributed by atoms with van der Waals surface area (Å²) in [5.74, 6) is 2.59. The van der Waals surface area contributed by atoms with E-state index in [1.54, 1.807) is 0 Å². The highest BCUT2D eigenvalue weighted by Crippen LogP contribution is 2.20. The van der Waals surface area contributed by atoms with Crippen LogP contribution in [0.3, 0.4) is 0 Å². The van der Waals surface area contributed by atoms with Crippen molar-refractivity contribution >= 4 is 11.8 Å². The van der Waals surface area contributed by atoms with Crippen LogP contribution < -0.4 is 5.32 Å². The average Bonchev–Trinajstić information content (AvgIpc) is 2.79. The molecular weight excluding hydrogens is 218 g/mol. The number of nitrogens with one attached hydrogen (secondary N) is 1. The van der Waals surface area contributed by atoms with E-state index in [-0.39, 0.29) is 0 Å². The van der Waals surface area contributed by atoms with Crippen LogP contribution in [0.5, 0.6) is 0 Å². The second-order valence-corrected chi connectivity index (χ2v) is 5.58. The number of rotatable bonds is 4. The molecule has 1 fully saturated rings. The minimum atomic E-state index is 0.420. The van der Waals surface area contributed by atoms with E-state index in [9.17, 15) is 0 Å². The maximum atomic E-state index is 4.32. The molecule has 1 saturated heterocycles. The monoisotopic (exact) mass is 239 g/mol. The van der Waals surface area contributed by atoms with Gasteiger partial charge in [0.05, 0.1) is 6.20 Å². The molecule has 0 radical (unpaired) electrons. The standard InChI is InChI=1S/C12H21N3S/c1-3-15-8-11(7-13-15)10(2)14-12-5-4-6-16-9-12/h7-8,10,12,14H,3-6,9H2,1-2H3. The summed E-state index contributed by atoms with van der Waals surface area (Å²) in [5, 5.41) is 8.02. The molecule has 1 aliphatic rings. The van der Waals surface area contributed by atoms with E-state index in [0.717, 1.165) is 6.54 Å². The predicted molar refractivity (Wildman–Crippen MR) is 69.8 cm³/mol. The minimum Gasteiger partial charge on any atom is -0.307 e. The molecule has 4 heteroatoms. The molecule has 1 aliphatic heterocycles. The molecule has 0 amide bonds. The second kappa shape index (κ2) is 5.73. The van der Waals surface area contributed by atoms with Crippen molar-refractivity contribution in [2.45, 2.75) is 45.3 Å². The van der Waals surface area contributed by atoms with Crippen LogP contribution in [-0.2, 0) is 6.54 Å². The highest BCUT2D eigenvalue weighted by molar-refractivity contribution is 7.99. The molecule has 16 heavy (non-hydrogen) atoms. The number of thioether (sulfide) groups is 1. The fraction of sp³-hybridized carbons (Fsp3) is 0.750. The van der Waals surface area contributed by atoms with Crippen LogP contribution in [0.4, 0.5) is 0 Å². The molecule has 0 spiro atoms. The van der Waals surface area contributed by atoms with Crippen molar-refractivity contribution in [3.8, 4) is 0 Å². The Hall–Kier alpha value is -0.480. The molecule has 0 aromatic carbocycles. The minimum absolute atomic E-state index is 0.420. The van der Waals surface area contributed by atoms with E-state index in [0.29, 0.717) is 12.1 Å². The smallest absolute Gasteiger partial charge is 0.0537 e. The van der Waals surface area contributed by atoms with Crippen molar-refractivity contribution in [2.75, 3.05) is 11.5 Å². The van der Waals surface area contributed by atoms with Crippen LogP contribution in [0.15, 0.2) is 12.4 Å². The van der Waals surface area contributed by atoms with E-state index in [2.05, 4.69) is 42.2 Å². The van der Waals surface area contributed by atoms with E-state index in [1.165, 1.54) is 29.9 Å². The van der Waals surface area contributed by atoms with Gasteiger partial charge < -0.3 is 5.32 Å². The van der Waals surface area contributed by atoms with Gasteiger partial charge in [0.15, 0.2) is 0 Å². The Morgan fingerprint density at radius 3 is 3.19 bits per heavy atom. The molecular formula is C12H21N3S. The van der Waals surface area contributed by atoms with Gasteiger partial charge in [0.1, 0.15) is 0 Å². The van der Waals surface area contributed by atoms with Gasteiger partial charge in [-0.3, -0.25) is 4.68 Å². The first-order valence-electron chi connectivity index (χ1n) is 6.15. The number of aryl methyl sites for hydroxylation is 1. The van der Waals surface area contributed by atoms with Crippen molar-refractivity contribution < 1.29 is 0 Å². The van der Waals surface area contributed by atoms with Crippen LogP contribution in [0.1, 0.15) is 38.3 Å². The quantitative estimate of drug-likeness (QED) is 0.875. The highest BCUT2D eigenvalue weighted by atomic mass is 32.2. The molecule has 1 N–H and O–H groups in total. The first-order chi connectivity index (χ1) is 7.79. The van der Waals surface area contributed by atoms with Crippen molar-refractivity contribution in [1.29, 1.82) is 0 Å². The molecule has 2 rings (SSSR count). The molecule has 1 aromatic rings. The Morgan fingerprint density at radius 1 is 1.69 bits per heavy atom. The number of aromatic nitrogens is 2. The first kappa shape index (κ1) is 12.0. The largest absolute Gasteiger partial charge is 0.307 e. The number of hydrogen-bond acceptors (Lipinski definition) is 3. The molecule has 2 heterocycles. The normalized spacial score (nSPS) is 23.2. The van der Waals surface area contributed by atoms with Crippen LogP contribution in [-0.4, -0.2) is 27.3 Å². The molecule has 0 aliphatic carbocycles. The fourth-order valence-corrected chi connectivity index (χ4v) is 3.18. The summed E-state index contributed by atoms with van der Waals surface area (Å²) >= 11 is 2.07. The van der Waals surface area contributed by atoms with E-state index < -0.39 is 0 Å². The average molecular weight is 239 g/mol. The third kappa shape index (κ3) is 3.01. The molecule has 1 aromatic heterocycles. The van der Waals surface area contributed by atoms with Crippen LogP contribution in [0.2, 0.25) is 0 Å². The van der Waals surface area contributed by atoms with Gasteiger partial charge in [-0.25, -0.2) is 0 Å². The summed E-state index contributed by atoms with van der Waals surface area (Å²) < 4.78 is 1.99. The van der Waals surface area contributed by atoms with Crippen molar-refractivity contribution in [3.05, 3.63) is 18.0 Å². The second-order valence-electron chi connectivity index (χ2n) is 4.43. The van der Waals surface area contributed by atoms with Crippen LogP contribution >= 0.6 is 11.8 Å². The predicted octanol–water partition coefficient (Wildman–Crippen LogP) is 2.45. The lowest BCUT2D eigenvalue weighted by Gasteiger charge is -2.25. The van der Waals surface area contributed by atoms with Gasteiger partial charge in [0.2, 0.25) is 0 Å². The van der Waals surface area contributed by atoms with E-state index in [4.69, 9.17) is 0 Å². The third-order valence-electron chi connectivity index (χ3n) is 3.12. The zero-order chi connectivity index (χ0) is 11.4. The molecule has 0 saturated carbocycles. The van der Waals surface area contributed by atoms with Gasteiger partial charge in [-0.05, 0) is 32.4 Å². The van der Waals surface area contributed by atoms with Crippen LogP contribution in [0.25, 0.3) is 0 Å². The molecule has 2 atom stereocenters. The van der Waals surface area contributed by atoms with Gasteiger partial charge in [0.25, 0.3) is 0 Å². The Morgan fingerprint density at radius 2 is 2.56 bits per heavy atom. The van der Waals surface area contributed by atoms with Crippen molar-refractivity contribution in [2.24, 2.45) is 0 Å². The molecule has 3 nitrogen and oxygen atoms in total. The summed E-state index contributed by atoms with van der Waals surface area (Å²) in [4.78, 5) is 0. The van der Waals surface area contributed by atoms with E-state index in [1.807, 2.05) is 10.9 Å². The summed E-state index contributed by atoms with van der Waals surface area (Å²) in [6.07, 6.45) is 6.80. The van der Waals surface area contributed by atoms with Crippen molar-refractivity contribution in [3.63, 3.8) is 0 Å². The lowest BCUT2D eigenvalue weighted by atomic mass is 10.1. The Balaban J connectivity index is 1.88. The maximum Gasteiger partial charge on any atom is 0.0537 e. The Kier molecular flexibility index (Phi) is 4.29. The Bertz CT molecular complexity index is 318. The van der Waals surface area contributed by atoms with E-state index >= 15 is 0 Å². The third-order valence-corrected chi connectivity index (χ3v) is 4.34. The summed E-state index contributed by atoms with van der Waals surface area (Å²) in [6, 6.07) is 1.10. The lowest BCUT2D eigenvalue weighted by Crippen LogP contribution is -2.35. The zero-order valence-electron chi connectivity index (χ0n) is 10.1. The van der Waals surface area contributed by atoms with Crippen molar-refractivity contribution in [1.82, 2.24) is 15.1 Å². The summed E-state index contributed by atoms with van der Waals surface area (Å²) in [7, 11) is 0. The summed E-state index contributed by atoms with van der Waals surface area (Å²) in [6.45, 7) is 5.30. The van der Waals surface area contributed by atoms with Gasteiger partial charge in [-0.2, -0.15) is 16.9 Å². The zero-order valence-corrected chi connectivity index (χ0v) is 11.0. The molecule has 90 valence electrons. The highest BCUT2D eigenvalue weighted by Gasteiger charge is 2.17. The summed E-state index contributed by atoms with van der Waals surface area (Å²) in [5.41, 5.74) is 1.30. The van der Waals surface area contributed by atoms with Gasteiger partial charge >= 0.3 is 0 Å². The molecule has 2 unspecified atom stereocenters. The lowest BCUT2D eigenvalue weighted by molar-refractivity contribution is 0.452. The van der Waals surface area contributed by atoms with Crippen LogP contribution in [0, 0.1) is 0 Å². The SMILES string of the molecule is CCn1cc(C(C)NC2CCCSC2)cn1. The topological polar surface area (TPSA) is 29.9 Å². The van der Waals surface area contributed by atoms with Gasteiger partial charge in [-0.1, -0.05) is 0 Å². The number of nitrogens with zero attached hydrogens (tertiary/aromatic N) is 2. The van der Waals surface area contributed by atoms with Gasteiger partial charge in [0, 0.05) is 36.1 Å². The molecule has 0 bridgehead atoms. The Labute approximate surface area is 102 Å². The maximum absolute atomic E-state index is 4.32. The number of hydrogen-bond donors (Lipinski definition) is 1. The van der Waals surface area contributed by atoms with Gasteiger partial charge in [-0.15, -0.1) is 0 Å². The fourth-order valence-electron chi connectivity index (χ4n) is 2.10.